The van der Waals surface area contributed by atoms with E-state index >= 15 is 0 Å². The lowest BCUT2D eigenvalue weighted by Gasteiger charge is -2.24. The van der Waals surface area contributed by atoms with Gasteiger partial charge >= 0.3 is 0 Å². The highest BCUT2D eigenvalue weighted by Gasteiger charge is 2.18. The van der Waals surface area contributed by atoms with E-state index in [1.807, 2.05) is 30.3 Å². The first-order valence-corrected chi connectivity index (χ1v) is 7.41. The molecule has 1 heterocycles. The summed E-state index contributed by atoms with van der Waals surface area (Å²) in [5.41, 5.74) is 7.75. The van der Waals surface area contributed by atoms with Crippen molar-refractivity contribution in [1.82, 2.24) is 5.32 Å². The molecule has 21 heavy (non-hydrogen) atoms. The van der Waals surface area contributed by atoms with E-state index in [1.165, 1.54) is 0 Å². The molecule has 1 fully saturated rings. The topological polar surface area (TPSA) is 58.4 Å². The van der Waals surface area contributed by atoms with E-state index in [4.69, 9.17) is 18.0 Å². The lowest BCUT2D eigenvalue weighted by atomic mass is 10.0. The van der Waals surface area contributed by atoms with E-state index in [9.17, 15) is 4.79 Å². The van der Waals surface area contributed by atoms with Crippen LogP contribution in [0, 0.1) is 0 Å². The normalized spacial score (nSPS) is 15.6. The third-order valence-electron chi connectivity index (χ3n) is 3.77. The second kappa shape index (κ2) is 5.69. The minimum Gasteiger partial charge on any atom is -0.389 e. The van der Waals surface area contributed by atoms with Crippen molar-refractivity contribution in [2.75, 3.05) is 24.5 Å². The van der Waals surface area contributed by atoms with Crippen molar-refractivity contribution in [3.05, 3.63) is 42.0 Å². The van der Waals surface area contributed by atoms with E-state index < -0.39 is 0 Å². The van der Waals surface area contributed by atoms with Gasteiger partial charge in [-0.25, -0.2) is 0 Å². The zero-order valence-corrected chi connectivity index (χ0v) is 12.5. The van der Waals surface area contributed by atoms with Crippen molar-refractivity contribution in [3.63, 3.8) is 0 Å². The van der Waals surface area contributed by atoms with E-state index in [1.54, 1.807) is 0 Å². The van der Waals surface area contributed by atoms with Crippen LogP contribution in [0.4, 0.5) is 5.69 Å². The Morgan fingerprint density at radius 1 is 1.19 bits per heavy atom. The highest BCUT2D eigenvalue weighted by Crippen LogP contribution is 2.30. The van der Waals surface area contributed by atoms with Crippen LogP contribution in [0.1, 0.15) is 12.0 Å². The van der Waals surface area contributed by atoms with Crippen LogP contribution in [-0.2, 0) is 4.79 Å². The van der Waals surface area contributed by atoms with Crippen molar-refractivity contribution in [3.8, 4) is 0 Å². The van der Waals surface area contributed by atoms with Crippen LogP contribution in [0.15, 0.2) is 36.4 Å². The van der Waals surface area contributed by atoms with E-state index in [0.29, 0.717) is 11.5 Å². The lowest BCUT2D eigenvalue weighted by molar-refractivity contribution is -0.119. The van der Waals surface area contributed by atoms with Gasteiger partial charge in [0.05, 0.1) is 6.54 Å². The van der Waals surface area contributed by atoms with Gasteiger partial charge in [0.15, 0.2) is 0 Å². The van der Waals surface area contributed by atoms with Crippen molar-refractivity contribution in [2.45, 2.75) is 6.42 Å². The van der Waals surface area contributed by atoms with Gasteiger partial charge in [0.25, 0.3) is 0 Å². The molecule has 0 spiro atoms. The minimum absolute atomic E-state index is 0.0648. The molecule has 0 radical (unpaired) electrons. The standard InChI is InChI=1S/C16H17N3OS/c17-16(21)13-6-7-14(12-5-2-1-4-11(12)13)19-9-3-8-18-15(20)10-19/h1-2,4-7H,3,8-10H2,(H2,17,21)(H,18,20). The number of anilines is 1. The van der Waals surface area contributed by atoms with Gasteiger partial charge in [0.2, 0.25) is 5.91 Å². The molecular weight excluding hydrogens is 282 g/mol. The summed E-state index contributed by atoms with van der Waals surface area (Å²) in [6, 6.07) is 12.0. The van der Waals surface area contributed by atoms with Crippen LogP contribution in [0.25, 0.3) is 10.8 Å². The van der Waals surface area contributed by atoms with Crippen molar-refractivity contribution < 1.29 is 4.79 Å². The minimum atomic E-state index is 0.0648. The lowest BCUT2D eigenvalue weighted by Crippen LogP contribution is -2.33. The quantitative estimate of drug-likeness (QED) is 0.830. The summed E-state index contributed by atoms with van der Waals surface area (Å²) in [6.45, 7) is 1.98. The molecular formula is C16H17N3OS. The third kappa shape index (κ3) is 2.69. The SMILES string of the molecule is NC(=S)c1ccc(N2CCCNC(=O)C2)c2ccccc12. The molecule has 0 aromatic heterocycles. The molecule has 5 heteroatoms. The van der Waals surface area contributed by atoms with Gasteiger partial charge < -0.3 is 16.0 Å². The van der Waals surface area contributed by atoms with Gasteiger partial charge in [-0.3, -0.25) is 4.79 Å². The van der Waals surface area contributed by atoms with E-state index in [2.05, 4.69) is 16.3 Å². The first kappa shape index (κ1) is 13.8. The number of hydrogen-bond donors (Lipinski definition) is 2. The maximum Gasteiger partial charge on any atom is 0.239 e. The van der Waals surface area contributed by atoms with E-state index in [0.717, 1.165) is 41.5 Å². The Morgan fingerprint density at radius 2 is 1.95 bits per heavy atom. The zero-order chi connectivity index (χ0) is 14.8. The summed E-state index contributed by atoms with van der Waals surface area (Å²) in [4.78, 5) is 14.3. The van der Waals surface area contributed by atoms with Crippen LogP contribution in [0.2, 0.25) is 0 Å². The van der Waals surface area contributed by atoms with Gasteiger partial charge in [-0.15, -0.1) is 0 Å². The van der Waals surface area contributed by atoms with Gasteiger partial charge in [-0.1, -0.05) is 36.5 Å². The Bertz CT molecular complexity index is 714. The van der Waals surface area contributed by atoms with Crippen LogP contribution in [-0.4, -0.2) is 30.5 Å². The van der Waals surface area contributed by atoms with Gasteiger partial charge in [-0.2, -0.15) is 0 Å². The first-order valence-electron chi connectivity index (χ1n) is 7.00. The molecule has 3 rings (SSSR count). The molecule has 0 aliphatic carbocycles. The summed E-state index contributed by atoms with van der Waals surface area (Å²) in [6.07, 6.45) is 0.942. The molecule has 0 atom stereocenters. The van der Waals surface area contributed by atoms with Gasteiger partial charge in [0.1, 0.15) is 4.99 Å². The largest absolute Gasteiger partial charge is 0.389 e. The second-order valence-corrected chi connectivity index (χ2v) is 5.61. The summed E-state index contributed by atoms with van der Waals surface area (Å²) in [5.74, 6) is 0.0648. The summed E-state index contributed by atoms with van der Waals surface area (Å²) < 4.78 is 0. The average Bonchev–Trinajstić information content (AvgIpc) is 2.70. The Hall–Kier alpha value is -2.14. The Balaban J connectivity index is 2.13. The van der Waals surface area contributed by atoms with Crippen LogP contribution in [0.5, 0.6) is 0 Å². The highest BCUT2D eigenvalue weighted by atomic mass is 32.1. The maximum absolute atomic E-state index is 11.8. The fraction of sp³-hybridized carbons (Fsp3) is 0.250. The Labute approximate surface area is 128 Å². The Morgan fingerprint density at radius 3 is 2.71 bits per heavy atom. The van der Waals surface area contributed by atoms with Gasteiger partial charge in [-0.05, 0) is 23.9 Å². The van der Waals surface area contributed by atoms with Crippen molar-refractivity contribution >= 4 is 39.6 Å². The number of carbonyl (C=O) groups excluding carboxylic acids is 1. The van der Waals surface area contributed by atoms with Crippen LogP contribution >= 0.6 is 12.2 Å². The zero-order valence-electron chi connectivity index (χ0n) is 11.6. The summed E-state index contributed by atoms with van der Waals surface area (Å²) in [7, 11) is 0. The molecule has 0 bridgehead atoms. The fourth-order valence-electron chi connectivity index (χ4n) is 2.79. The monoisotopic (exact) mass is 299 g/mol. The van der Waals surface area contributed by atoms with Crippen LogP contribution in [0.3, 0.4) is 0 Å². The number of carbonyl (C=O) groups is 1. The number of amides is 1. The number of rotatable bonds is 2. The molecule has 4 nitrogen and oxygen atoms in total. The number of thiocarbonyl (C=S) groups is 1. The molecule has 1 aliphatic rings. The molecule has 2 aromatic carbocycles. The molecule has 1 aliphatic heterocycles. The van der Waals surface area contributed by atoms with E-state index in [-0.39, 0.29) is 5.91 Å². The average molecular weight is 299 g/mol. The smallest absolute Gasteiger partial charge is 0.239 e. The molecule has 3 N–H and O–H groups in total. The number of benzene rings is 2. The van der Waals surface area contributed by atoms with Crippen molar-refractivity contribution in [1.29, 1.82) is 0 Å². The number of nitrogens with two attached hydrogens (primary N) is 1. The molecule has 2 aromatic rings. The second-order valence-electron chi connectivity index (χ2n) is 5.17. The maximum atomic E-state index is 11.8. The predicted octanol–water partition coefficient (Wildman–Crippen LogP) is 1.80. The number of nitrogens with one attached hydrogen (secondary N) is 1. The molecule has 0 unspecified atom stereocenters. The Kier molecular flexibility index (Phi) is 3.75. The third-order valence-corrected chi connectivity index (χ3v) is 3.99. The van der Waals surface area contributed by atoms with Gasteiger partial charge in [0, 0.05) is 29.7 Å². The molecule has 1 saturated heterocycles. The number of nitrogens with zero attached hydrogens (tertiary/aromatic N) is 1. The summed E-state index contributed by atoms with van der Waals surface area (Å²) >= 11 is 5.13. The molecule has 1 amide bonds. The number of hydrogen-bond acceptors (Lipinski definition) is 3. The molecule has 0 saturated carbocycles. The van der Waals surface area contributed by atoms with Crippen LogP contribution < -0.4 is 16.0 Å². The molecule has 108 valence electrons. The number of fused-ring (bicyclic) bond motifs is 1. The first-order chi connectivity index (χ1) is 10.2. The highest BCUT2D eigenvalue weighted by molar-refractivity contribution is 7.80. The fourth-order valence-corrected chi connectivity index (χ4v) is 2.96. The predicted molar refractivity (Wildman–Crippen MR) is 89.7 cm³/mol. The van der Waals surface area contributed by atoms with Crippen molar-refractivity contribution in [2.24, 2.45) is 5.73 Å². The summed E-state index contributed by atoms with van der Waals surface area (Å²) in [5, 5.41) is 5.02.